The van der Waals surface area contributed by atoms with E-state index in [1.807, 2.05) is 60.7 Å². The van der Waals surface area contributed by atoms with Crippen LogP contribution in [0.15, 0.2) is 60.7 Å². The highest BCUT2D eigenvalue weighted by atomic mass is 32.1. The summed E-state index contributed by atoms with van der Waals surface area (Å²) in [6.45, 7) is 0. The van der Waals surface area contributed by atoms with Crippen LogP contribution < -0.4 is 11.1 Å². The van der Waals surface area contributed by atoms with Gasteiger partial charge in [0, 0.05) is 5.56 Å². The first-order valence-electron chi connectivity index (χ1n) is 8.62. The van der Waals surface area contributed by atoms with Crippen LogP contribution in [0.5, 0.6) is 0 Å². The van der Waals surface area contributed by atoms with Crippen molar-refractivity contribution in [1.82, 2.24) is 14.1 Å². The number of rotatable bonds is 8. The molecule has 0 saturated carbocycles. The van der Waals surface area contributed by atoms with Gasteiger partial charge < -0.3 is 11.1 Å². The molecule has 3 rings (SSSR count). The minimum Gasteiger partial charge on any atom is -0.363 e. The summed E-state index contributed by atoms with van der Waals surface area (Å²) >= 11 is 0.904. The molecule has 142 valence electrons. The maximum Gasteiger partial charge on any atom is 0.287 e. The molecule has 3 N–H and O–H groups in total. The topological polar surface area (TPSA) is 115 Å². The number of nitrogens with zero attached hydrogens (tertiary/aromatic N) is 2. The van der Waals surface area contributed by atoms with Gasteiger partial charge in [0.05, 0.1) is 17.8 Å². The molecule has 0 bridgehead atoms. The number of nitrogens with one attached hydrogen (secondary N) is 1. The second kappa shape index (κ2) is 9.01. The van der Waals surface area contributed by atoms with Crippen molar-refractivity contribution >= 4 is 29.3 Å². The van der Waals surface area contributed by atoms with Gasteiger partial charge in [0.2, 0.25) is 5.78 Å². The summed E-state index contributed by atoms with van der Waals surface area (Å²) in [6, 6.07) is 17.6. The molecule has 2 amide bonds. The van der Waals surface area contributed by atoms with E-state index in [4.69, 9.17) is 5.73 Å². The normalized spacial score (nSPS) is 11.6. The molecular weight excluding hydrogens is 376 g/mol. The molecule has 0 spiro atoms. The van der Waals surface area contributed by atoms with Gasteiger partial charge in [-0.2, -0.15) is 8.75 Å². The van der Waals surface area contributed by atoms with Gasteiger partial charge in [-0.15, -0.1) is 0 Å². The molecule has 28 heavy (non-hydrogen) atoms. The summed E-state index contributed by atoms with van der Waals surface area (Å²) in [7, 11) is 0. The van der Waals surface area contributed by atoms with Crippen molar-refractivity contribution in [1.29, 1.82) is 0 Å². The number of nitrogens with two attached hydrogens (primary N) is 1. The lowest BCUT2D eigenvalue weighted by molar-refractivity contribution is -0.137. The van der Waals surface area contributed by atoms with Gasteiger partial charge in [0.1, 0.15) is 5.69 Å². The minimum absolute atomic E-state index is 0.109. The van der Waals surface area contributed by atoms with Crippen LogP contribution in [-0.2, 0) is 16.0 Å². The number of carbonyl (C=O) groups is 3. The molecule has 1 aromatic heterocycles. The van der Waals surface area contributed by atoms with E-state index in [0.29, 0.717) is 12.1 Å². The molecule has 1 heterocycles. The molecule has 1 atom stereocenters. The first-order chi connectivity index (χ1) is 13.6. The number of hydrogen-bond donors (Lipinski definition) is 2. The largest absolute Gasteiger partial charge is 0.363 e. The third-order valence-corrected chi connectivity index (χ3v) is 4.71. The molecule has 8 heteroatoms. The number of aryl methyl sites for hydroxylation is 1. The van der Waals surface area contributed by atoms with E-state index >= 15 is 0 Å². The highest BCUT2D eigenvalue weighted by Gasteiger charge is 2.27. The molecule has 2 aromatic carbocycles. The van der Waals surface area contributed by atoms with Crippen molar-refractivity contribution in [2.24, 2.45) is 5.73 Å². The van der Waals surface area contributed by atoms with Crippen LogP contribution in [0.1, 0.15) is 22.5 Å². The van der Waals surface area contributed by atoms with E-state index in [2.05, 4.69) is 14.1 Å². The molecule has 0 aliphatic carbocycles. The molecule has 0 aliphatic rings. The number of primary amides is 1. The SMILES string of the molecule is NC(=O)C(=O)C(CCc1ccccc1)NC(=O)c1nsnc1-c1ccccc1. The van der Waals surface area contributed by atoms with E-state index in [1.54, 1.807) is 0 Å². The van der Waals surface area contributed by atoms with E-state index in [-0.39, 0.29) is 12.1 Å². The number of amides is 2. The van der Waals surface area contributed by atoms with E-state index in [9.17, 15) is 14.4 Å². The monoisotopic (exact) mass is 394 g/mol. The van der Waals surface area contributed by atoms with Crippen LogP contribution in [0.3, 0.4) is 0 Å². The quantitative estimate of drug-likeness (QED) is 0.567. The predicted octanol–water partition coefficient (Wildman–Crippen LogP) is 1.99. The highest BCUT2D eigenvalue weighted by Crippen LogP contribution is 2.21. The van der Waals surface area contributed by atoms with Crippen LogP contribution in [0.25, 0.3) is 11.3 Å². The number of hydrogen-bond acceptors (Lipinski definition) is 6. The predicted molar refractivity (Wildman–Crippen MR) is 106 cm³/mol. The van der Waals surface area contributed by atoms with E-state index in [1.165, 1.54) is 0 Å². The third-order valence-electron chi connectivity index (χ3n) is 4.18. The smallest absolute Gasteiger partial charge is 0.287 e. The lowest BCUT2D eigenvalue weighted by Crippen LogP contribution is -2.46. The standard InChI is InChI=1S/C20H18N4O3S/c21-19(26)18(25)15(12-11-13-7-3-1-4-8-13)22-20(27)17-16(23-28-24-17)14-9-5-2-6-10-14/h1-10,15H,11-12H2,(H2,21,26)(H,22,27). The number of benzene rings is 2. The fraction of sp³-hybridized carbons (Fsp3) is 0.150. The lowest BCUT2D eigenvalue weighted by Gasteiger charge is -2.16. The first kappa shape index (κ1) is 19.4. The number of Topliss-reactive ketones (excluding diaryl/α,β-unsaturated/α-hetero) is 1. The van der Waals surface area contributed by atoms with Crippen LogP contribution in [0.4, 0.5) is 0 Å². The molecule has 7 nitrogen and oxygen atoms in total. The van der Waals surface area contributed by atoms with Gasteiger partial charge in [-0.1, -0.05) is 60.7 Å². The summed E-state index contributed by atoms with van der Waals surface area (Å²) in [5.74, 6) is -2.49. The zero-order valence-electron chi connectivity index (χ0n) is 14.9. The Bertz CT molecular complexity index is 973. The second-order valence-corrected chi connectivity index (χ2v) is 6.63. The van der Waals surface area contributed by atoms with Gasteiger partial charge >= 0.3 is 0 Å². The van der Waals surface area contributed by atoms with Crippen LogP contribution in [0, 0.1) is 0 Å². The molecule has 1 unspecified atom stereocenters. The molecular formula is C20H18N4O3S. The average Bonchev–Trinajstić information content (AvgIpc) is 3.22. The molecule has 0 fully saturated rings. The Kier molecular flexibility index (Phi) is 6.23. The number of aromatic nitrogens is 2. The van der Waals surface area contributed by atoms with E-state index in [0.717, 1.165) is 22.9 Å². The summed E-state index contributed by atoms with van der Waals surface area (Å²) < 4.78 is 8.24. The molecule has 0 aliphatic heterocycles. The summed E-state index contributed by atoms with van der Waals surface area (Å²) in [5, 5.41) is 2.60. The number of carbonyl (C=O) groups excluding carboxylic acids is 3. The number of ketones is 1. The van der Waals surface area contributed by atoms with Crippen molar-refractivity contribution in [2.75, 3.05) is 0 Å². The summed E-state index contributed by atoms with van der Waals surface area (Å²) in [4.78, 5) is 36.3. The Morgan fingerprint density at radius 2 is 1.61 bits per heavy atom. The van der Waals surface area contributed by atoms with Gasteiger partial charge in [-0.25, -0.2) is 0 Å². The van der Waals surface area contributed by atoms with Gasteiger partial charge in [-0.05, 0) is 18.4 Å². The third kappa shape index (κ3) is 4.66. The summed E-state index contributed by atoms with van der Waals surface area (Å²) in [5.41, 5.74) is 7.42. The fourth-order valence-electron chi connectivity index (χ4n) is 2.75. The Labute approximate surface area is 165 Å². The van der Waals surface area contributed by atoms with Crippen molar-refractivity contribution in [3.05, 3.63) is 71.9 Å². The molecule has 3 aromatic rings. The van der Waals surface area contributed by atoms with Crippen LogP contribution in [0.2, 0.25) is 0 Å². The lowest BCUT2D eigenvalue weighted by atomic mass is 10.0. The van der Waals surface area contributed by atoms with Crippen molar-refractivity contribution in [2.45, 2.75) is 18.9 Å². The highest BCUT2D eigenvalue weighted by molar-refractivity contribution is 6.99. The molecule has 0 saturated heterocycles. The zero-order valence-corrected chi connectivity index (χ0v) is 15.7. The minimum atomic E-state index is -1.09. The molecule has 0 radical (unpaired) electrons. The Morgan fingerprint density at radius 1 is 0.964 bits per heavy atom. The summed E-state index contributed by atoms with van der Waals surface area (Å²) in [6.07, 6.45) is 0.751. The average molecular weight is 394 g/mol. The second-order valence-electron chi connectivity index (χ2n) is 6.11. The van der Waals surface area contributed by atoms with Crippen LogP contribution in [-0.4, -0.2) is 32.4 Å². The Morgan fingerprint density at radius 3 is 2.25 bits per heavy atom. The first-order valence-corrected chi connectivity index (χ1v) is 9.35. The van der Waals surface area contributed by atoms with Crippen molar-refractivity contribution in [3.63, 3.8) is 0 Å². The van der Waals surface area contributed by atoms with Crippen LogP contribution >= 0.6 is 11.7 Å². The van der Waals surface area contributed by atoms with Gasteiger partial charge in [0.25, 0.3) is 11.8 Å². The fourth-order valence-corrected chi connectivity index (χ4v) is 3.31. The van der Waals surface area contributed by atoms with Gasteiger partial charge in [0.15, 0.2) is 5.69 Å². The maximum absolute atomic E-state index is 12.7. The maximum atomic E-state index is 12.7. The Balaban J connectivity index is 1.77. The zero-order chi connectivity index (χ0) is 19.9. The van der Waals surface area contributed by atoms with E-state index < -0.39 is 23.6 Å². The van der Waals surface area contributed by atoms with Crippen molar-refractivity contribution in [3.8, 4) is 11.3 Å². The Hall–Kier alpha value is -3.39. The van der Waals surface area contributed by atoms with Gasteiger partial charge in [-0.3, -0.25) is 14.4 Å². The van der Waals surface area contributed by atoms with Crippen molar-refractivity contribution < 1.29 is 14.4 Å².